The molecule has 1 aliphatic rings. The number of fused-ring (bicyclic) bond motifs is 3. The fourth-order valence-electron chi connectivity index (χ4n) is 4.52. The lowest BCUT2D eigenvalue weighted by Gasteiger charge is -2.36. The van der Waals surface area contributed by atoms with Crippen LogP contribution in [-0.4, -0.2) is 27.3 Å². The van der Waals surface area contributed by atoms with Gasteiger partial charge in [-0.15, -0.1) is 0 Å². The topological polar surface area (TPSA) is 54.0 Å². The molecule has 35 heavy (non-hydrogen) atoms. The molecule has 1 unspecified atom stereocenters. The fraction of sp³-hybridized carbons (Fsp3) is 0.138. The number of halogens is 1. The van der Waals surface area contributed by atoms with E-state index < -0.39 is 11.6 Å². The average Bonchev–Trinajstić information content (AvgIpc) is 2.91. The normalized spacial score (nSPS) is 16.3. The predicted molar refractivity (Wildman–Crippen MR) is 132 cm³/mol. The predicted octanol–water partition coefficient (Wildman–Crippen LogP) is 6.13. The molecule has 1 aliphatic heterocycles. The van der Waals surface area contributed by atoms with E-state index in [1.165, 1.54) is 20.3 Å². The molecule has 6 heteroatoms. The molecule has 5 rings (SSSR count). The van der Waals surface area contributed by atoms with Crippen molar-refractivity contribution in [2.75, 3.05) is 21.3 Å². The number of rotatable bonds is 5. The molecule has 4 aromatic carbocycles. The number of hydrogen-bond acceptors (Lipinski definition) is 5. The average molecular weight is 470 g/mol. The van der Waals surface area contributed by atoms with Gasteiger partial charge in [-0.25, -0.2) is 9.18 Å². The standard InChI is InChI=1S/C29H23FO5/c1-32-20-11-9-19(10-12-20)29(24-6-4-5-7-25(24)30)15-14-21-22-17-23(28(31)34-3)27(33-2)16-18(22)8-13-26(21)35-29/h4-17H,1-3H3. The van der Waals surface area contributed by atoms with Crippen LogP contribution in [-0.2, 0) is 10.3 Å². The van der Waals surface area contributed by atoms with Crippen LogP contribution in [0.25, 0.3) is 16.8 Å². The van der Waals surface area contributed by atoms with E-state index in [9.17, 15) is 4.79 Å². The van der Waals surface area contributed by atoms with Crippen molar-refractivity contribution in [1.29, 1.82) is 0 Å². The zero-order valence-corrected chi connectivity index (χ0v) is 19.5. The van der Waals surface area contributed by atoms with Gasteiger partial charge in [-0.1, -0.05) is 36.4 Å². The third-order valence-electron chi connectivity index (χ3n) is 6.30. The summed E-state index contributed by atoms with van der Waals surface area (Å²) in [5.74, 6) is 0.785. The van der Waals surface area contributed by atoms with Crippen molar-refractivity contribution in [3.05, 3.63) is 107 Å². The minimum atomic E-state index is -1.20. The van der Waals surface area contributed by atoms with E-state index in [1.807, 2.05) is 48.6 Å². The Morgan fingerprint density at radius 3 is 2.37 bits per heavy atom. The highest BCUT2D eigenvalue weighted by Gasteiger charge is 2.39. The summed E-state index contributed by atoms with van der Waals surface area (Å²) < 4.78 is 37.4. The molecule has 0 aliphatic carbocycles. The zero-order chi connectivity index (χ0) is 24.6. The van der Waals surface area contributed by atoms with Gasteiger partial charge in [-0.2, -0.15) is 0 Å². The largest absolute Gasteiger partial charge is 0.497 e. The van der Waals surface area contributed by atoms with Crippen LogP contribution in [0, 0.1) is 5.82 Å². The summed E-state index contributed by atoms with van der Waals surface area (Å²) >= 11 is 0. The zero-order valence-electron chi connectivity index (χ0n) is 19.5. The number of benzene rings is 4. The number of methoxy groups -OCH3 is 3. The first-order chi connectivity index (χ1) is 17.0. The Hall–Kier alpha value is -4.32. The van der Waals surface area contributed by atoms with Crippen molar-refractivity contribution >= 4 is 22.8 Å². The first kappa shape index (κ1) is 22.5. The van der Waals surface area contributed by atoms with Gasteiger partial charge in [0.1, 0.15) is 28.6 Å². The SMILES string of the molecule is COC(=O)c1cc2c3c(ccc2cc1OC)OC(c1ccc(OC)cc1)(c1ccccc1F)C=C3. The highest BCUT2D eigenvalue weighted by Crippen LogP contribution is 2.45. The fourth-order valence-corrected chi connectivity index (χ4v) is 4.52. The van der Waals surface area contributed by atoms with Gasteiger partial charge < -0.3 is 18.9 Å². The second-order valence-electron chi connectivity index (χ2n) is 8.12. The molecule has 0 fully saturated rings. The molecular weight excluding hydrogens is 447 g/mol. The van der Waals surface area contributed by atoms with E-state index in [0.29, 0.717) is 28.4 Å². The third-order valence-corrected chi connectivity index (χ3v) is 6.30. The van der Waals surface area contributed by atoms with Gasteiger partial charge >= 0.3 is 5.97 Å². The molecule has 0 saturated carbocycles. The Morgan fingerprint density at radius 2 is 1.69 bits per heavy atom. The van der Waals surface area contributed by atoms with Gasteiger partial charge in [0.25, 0.3) is 0 Å². The summed E-state index contributed by atoms with van der Waals surface area (Å²) in [6.07, 6.45) is 3.75. The molecule has 4 aromatic rings. The summed E-state index contributed by atoms with van der Waals surface area (Å²) in [5.41, 5.74) is 1.02. The third kappa shape index (κ3) is 3.67. The van der Waals surface area contributed by atoms with E-state index in [0.717, 1.165) is 21.9 Å². The Bertz CT molecular complexity index is 1460. The van der Waals surface area contributed by atoms with Gasteiger partial charge in [-0.3, -0.25) is 0 Å². The first-order valence-corrected chi connectivity index (χ1v) is 11.0. The van der Waals surface area contributed by atoms with Gasteiger partial charge in [-0.05, 0) is 59.3 Å². The quantitative estimate of drug-likeness (QED) is 0.328. The van der Waals surface area contributed by atoms with E-state index >= 15 is 4.39 Å². The molecule has 0 spiro atoms. The number of ether oxygens (including phenoxy) is 4. The second-order valence-corrected chi connectivity index (χ2v) is 8.12. The van der Waals surface area contributed by atoms with Crippen LogP contribution >= 0.6 is 0 Å². The summed E-state index contributed by atoms with van der Waals surface area (Å²) in [6.45, 7) is 0. The van der Waals surface area contributed by atoms with E-state index in [4.69, 9.17) is 18.9 Å². The number of esters is 1. The monoisotopic (exact) mass is 470 g/mol. The van der Waals surface area contributed by atoms with Crippen LogP contribution in [0.3, 0.4) is 0 Å². The summed E-state index contributed by atoms with van der Waals surface area (Å²) in [5, 5.41) is 1.65. The highest BCUT2D eigenvalue weighted by atomic mass is 19.1. The first-order valence-electron chi connectivity index (χ1n) is 11.0. The van der Waals surface area contributed by atoms with Crippen LogP contribution < -0.4 is 14.2 Å². The number of carbonyl (C=O) groups is 1. The maximum Gasteiger partial charge on any atom is 0.341 e. The van der Waals surface area contributed by atoms with Gasteiger partial charge in [0, 0.05) is 16.7 Å². The second kappa shape index (κ2) is 8.80. The number of carbonyl (C=O) groups excluding carboxylic acids is 1. The molecule has 0 aromatic heterocycles. The lowest BCUT2D eigenvalue weighted by molar-refractivity contribution is 0.0597. The van der Waals surface area contributed by atoms with Crippen molar-refractivity contribution in [3.63, 3.8) is 0 Å². The highest BCUT2D eigenvalue weighted by molar-refractivity contribution is 6.02. The summed E-state index contributed by atoms with van der Waals surface area (Å²) in [6, 6.07) is 21.2. The Morgan fingerprint density at radius 1 is 0.914 bits per heavy atom. The van der Waals surface area contributed by atoms with E-state index in [1.54, 1.807) is 37.4 Å². The Labute approximate surface area is 202 Å². The minimum absolute atomic E-state index is 0.311. The van der Waals surface area contributed by atoms with E-state index in [-0.39, 0.29) is 5.82 Å². The molecule has 176 valence electrons. The molecule has 0 N–H and O–H groups in total. The summed E-state index contributed by atoms with van der Waals surface area (Å²) in [7, 11) is 4.43. The van der Waals surface area contributed by atoms with Crippen LogP contribution in [0.5, 0.6) is 17.2 Å². The van der Waals surface area contributed by atoms with Crippen LogP contribution in [0.1, 0.15) is 27.0 Å². The smallest absolute Gasteiger partial charge is 0.341 e. The Balaban J connectivity index is 1.72. The van der Waals surface area contributed by atoms with Crippen LogP contribution in [0.15, 0.2) is 78.9 Å². The molecule has 0 radical (unpaired) electrons. The molecule has 1 heterocycles. The molecular formula is C29H23FO5. The van der Waals surface area contributed by atoms with E-state index in [2.05, 4.69) is 0 Å². The van der Waals surface area contributed by atoms with Crippen LogP contribution in [0.2, 0.25) is 0 Å². The summed E-state index contributed by atoms with van der Waals surface area (Å²) in [4.78, 5) is 12.4. The maximum absolute atomic E-state index is 15.1. The van der Waals surface area contributed by atoms with Crippen molar-refractivity contribution in [1.82, 2.24) is 0 Å². The molecule has 0 saturated heterocycles. The Kier molecular flexibility index (Phi) is 5.65. The van der Waals surface area contributed by atoms with Gasteiger partial charge in [0.15, 0.2) is 5.60 Å². The van der Waals surface area contributed by atoms with Crippen molar-refractivity contribution in [2.24, 2.45) is 0 Å². The van der Waals surface area contributed by atoms with Crippen molar-refractivity contribution in [3.8, 4) is 17.2 Å². The molecule has 1 atom stereocenters. The molecule has 0 bridgehead atoms. The van der Waals surface area contributed by atoms with Gasteiger partial charge in [0.05, 0.1) is 21.3 Å². The number of hydrogen-bond donors (Lipinski definition) is 0. The lowest BCUT2D eigenvalue weighted by atomic mass is 9.82. The molecule has 0 amide bonds. The maximum atomic E-state index is 15.1. The minimum Gasteiger partial charge on any atom is -0.497 e. The lowest BCUT2D eigenvalue weighted by Crippen LogP contribution is -2.35. The van der Waals surface area contributed by atoms with Gasteiger partial charge in [0.2, 0.25) is 0 Å². The van der Waals surface area contributed by atoms with Crippen molar-refractivity contribution < 1.29 is 28.1 Å². The molecule has 5 nitrogen and oxygen atoms in total. The van der Waals surface area contributed by atoms with Crippen LogP contribution in [0.4, 0.5) is 4.39 Å². The van der Waals surface area contributed by atoms with Crippen molar-refractivity contribution in [2.45, 2.75) is 5.60 Å².